The van der Waals surface area contributed by atoms with Gasteiger partial charge >= 0.3 is 0 Å². The standard InChI is InChI=1S/C26H21ClN4S2/c27-20-14-6-4-12-18(20)23-28-25-22(19-13-5-7-15-21(19)33-25)24-29-30-26(31(23)24)32-16-8-11-17-9-2-1-3-10-17/h1-4,6,8-12,14H,5,7,13,15-16H2/b11-8+. The highest BCUT2D eigenvalue weighted by atomic mass is 35.5. The average Bonchev–Trinajstić information content (AvgIpc) is 3.43. The second-order valence-corrected chi connectivity index (χ2v) is 10.5. The number of thioether (sulfide) groups is 1. The van der Waals surface area contributed by atoms with E-state index in [4.69, 9.17) is 16.6 Å². The van der Waals surface area contributed by atoms with E-state index in [1.165, 1.54) is 34.2 Å². The summed E-state index contributed by atoms with van der Waals surface area (Å²) >= 11 is 10.1. The molecular weight excluding hydrogens is 468 g/mol. The van der Waals surface area contributed by atoms with Crippen molar-refractivity contribution in [2.24, 2.45) is 0 Å². The molecule has 0 atom stereocenters. The number of benzene rings is 2. The van der Waals surface area contributed by atoms with Crippen LogP contribution in [0.25, 0.3) is 33.3 Å². The lowest BCUT2D eigenvalue weighted by atomic mass is 9.97. The second kappa shape index (κ2) is 8.93. The van der Waals surface area contributed by atoms with Crippen molar-refractivity contribution in [3.8, 4) is 11.4 Å². The Labute approximate surface area is 205 Å². The van der Waals surface area contributed by atoms with Gasteiger partial charge in [-0.1, -0.05) is 78.0 Å². The van der Waals surface area contributed by atoms with Gasteiger partial charge in [-0.2, -0.15) is 0 Å². The maximum atomic E-state index is 6.62. The molecule has 0 fully saturated rings. The van der Waals surface area contributed by atoms with Gasteiger partial charge < -0.3 is 0 Å². The highest BCUT2D eigenvalue weighted by Gasteiger charge is 2.24. The molecule has 0 spiro atoms. The largest absolute Gasteiger partial charge is 0.253 e. The van der Waals surface area contributed by atoms with Crippen molar-refractivity contribution in [2.45, 2.75) is 30.8 Å². The molecule has 7 heteroatoms. The van der Waals surface area contributed by atoms with E-state index in [1.54, 1.807) is 23.1 Å². The topological polar surface area (TPSA) is 43.1 Å². The number of hydrogen-bond donors (Lipinski definition) is 0. The summed E-state index contributed by atoms with van der Waals surface area (Å²) in [6.07, 6.45) is 8.98. The molecule has 0 aliphatic heterocycles. The van der Waals surface area contributed by atoms with Crippen molar-refractivity contribution in [1.29, 1.82) is 0 Å². The monoisotopic (exact) mass is 488 g/mol. The molecule has 0 saturated carbocycles. The Morgan fingerprint density at radius 1 is 1.00 bits per heavy atom. The summed E-state index contributed by atoms with van der Waals surface area (Å²) in [5.74, 6) is 1.60. The van der Waals surface area contributed by atoms with Crippen molar-refractivity contribution in [2.75, 3.05) is 5.75 Å². The van der Waals surface area contributed by atoms with Crippen LogP contribution in [0.2, 0.25) is 5.02 Å². The summed E-state index contributed by atoms with van der Waals surface area (Å²) in [5.41, 5.74) is 4.40. The molecule has 0 bridgehead atoms. The third-order valence-corrected chi connectivity index (χ3v) is 8.36. The summed E-state index contributed by atoms with van der Waals surface area (Å²) < 4.78 is 2.10. The summed E-state index contributed by atoms with van der Waals surface area (Å²) in [4.78, 5) is 7.62. The van der Waals surface area contributed by atoms with Crippen molar-refractivity contribution >= 4 is 56.6 Å². The van der Waals surface area contributed by atoms with Gasteiger partial charge in [0, 0.05) is 16.2 Å². The molecule has 33 heavy (non-hydrogen) atoms. The first kappa shape index (κ1) is 20.9. The van der Waals surface area contributed by atoms with E-state index < -0.39 is 0 Å². The second-order valence-electron chi connectivity index (χ2n) is 8.07. The maximum Gasteiger partial charge on any atom is 0.197 e. The maximum absolute atomic E-state index is 6.62. The minimum absolute atomic E-state index is 0.681. The zero-order chi connectivity index (χ0) is 22.2. The fourth-order valence-electron chi connectivity index (χ4n) is 4.42. The number of hydrogen-bond acceptors (Lipinski definition) is 5. The van der Waals surface area contributed by atoms with Gasteiger partial charge in [-0.25, -0.2) is 4.98 Å². The summed E-state index contributed by atoms with van der Waals surface area (Å²) in [6, 6.07) is 18.2. The Bertz CT molecular complexity index is 1490. The molecule has 5 aromatic rings. The van der Waals surface area contributed by atoms with Gasteiger partial charge in [-0.05, 0) is 48.9 Å². The number of aryl methyl sites for hydroxylation is 2. The lowest BCUT2D eigenvalue weighted by Gasteiger charge is -2.11. The molecular formula is C26H21ClN4S2. The molecule has 3 aromatic heterocycles. The lowest BCUT2D eigenvalue weighted by molar-refractivity contribution is 0.700. The van der Waals surface area contributed by atoms with E-state index in [-0.39, 0.29) is 0 Å². The van der Waals surface area contributed by atoms with Crippen LogP contribution in [0.1, 0.15) is 28.8 Å². The molecule has 2 aromatic carbocycles. The molecule has 3 heterocycles. The van der Waals surface area contributed by atoms with Crippen LogP contribution in [0.4, 0.5) is 0 Å². The van der Waals surface area contributed by atoms with Crippen LogP contribution >= 0.6 is 34.7 Å². The Morgan fingerprint density at radius 2 is 1.82 bits per heavy atom. The zero-order valence-electron chi connectivity index (χ0n) is 17.9. The van der Waals surface area contributed by atoms with Gasteiger partial charge in [0.2, 0.25) is 0 Å². The number of rotatable bonds is 5. The molecule has 0 saturated heterocycles. The van der Waals surface area contributed by atoms with E-state index in [9.17, 15) is 0 Å². The van der Waals surface area contributed by atoms with Crippen molar-refractivity contribution in [3.63, 3.8) is 0 Å². The number of nitrogens with zero attached hydrogens (tertiary/aromatic N) is 4. The first-order valence-electron chi connectivity index (χ1n) is 11.1. The molecule has 164 valence electrons. The first-order chi connectivity index (χ1) is 16.3. The van der Waals surface area contributed by atoms with Crippen LogP contribution < -0.4 is 0 Å². The summed E-state index contributed by atoms with van der Waals surface area (Å²) in [6.45, 7) is 0. The van der Waals surface area contributed by atoms with E-state index in [0.29, 0.717) is 5.02 Å². The SMILES string of the molecule is Clc1ccccc1-c1nc2sc3c(c2c2nnc(SC/C=C/c4ccccc4)n12)CCCC3. The Balaban J connectivity index is 1.47. The molecule has 1 aliphatic rings. The Kier molecular flexibility index (Phi) is 5.66. The van der Waals surface area contributed by atoms with Gasteiger partial charge in [0.1, 0.15) is 4.83 Å². The predicted molar refractivity (Wildman–Crippen MR) is 139 cm³/mol. The van der Waals surface area contributed by atoms with Crippen LogP contribution in [0.5, 0.6) is 0 Å². The van der Waals surface area contributed by atoms with E-state index in [1.807, 2.05) is 42.5 Å². The van der Waals surface area contributed by atoms with Gasteiger partial charge in [0.05, 0.1) is 10.4 Å². The van der Waals surface area contributed by atoms with Gasteiger partial charge in [-0.3, -0.25) is 4.40 Å². The number of thiophene rings is 1. The van der Waals surface area contributed by atoms with Crippen molar-refractivity contribution < 1.29 is 0 Å². The normalized spacial score (nSPS) is 13.8. The predicted octanol–water partition coefficient (Wildman–Crippen LogP) is 7.34. The molecule has 0 amide bonds. The van der Waals surface area contributed by atoms with Crippen LogP contribution in [-0.4, -0.2) is 25.3 Å². The van der Waals surface area contributed by atoms with Crippen LogP contribution in [0.3, 0.4) is 0 Å². The minimum Gasteiger partial charge on any atom is -0.253 e. The summed E-state index contributed by atoms with van der Waals surface area (Å²) in [7, 11) is 0. The molecule has 4 nitrogen and oxygen atoms in total. The van der Waals surface area contributed by atoms with E-state index >= 15 is 0 Å². The van der Waals surface area contributed by atoms with E-state index in [2.05, 4.69) is 38.9 Å². The molecule has 0 N–H and O–H groups in total. The van der Waals surface area contributed by atoms with Crippen LogP contribution in [0.15, 0.2) is 65.8 Å². The smallest absolute Gasteiger partial charge is 0.197 e. The number of halogens is 1. The fraction of sp³-hybridized carbons (Fsp3) is 0.192. The zero-order valence-corrected chi connectivity index (χ0v) is 20.3. The van der Waals surface area contributed by atoms with E-state index in [0.717, 1.165) is 45.6 Å². The molecule has 0 radical (unpaired) electrons. The highest BCUT2D eigenvalue weighted by molar-refractivity contribution is 7.99. The highest BCUT2D eigenvalue weighted by Crippen LogP contribution is 2.40. The van der Waals surface area contributed by atoms with Gasteiger partial charge in [0.15, 0.2) is 16.6 Å². The average molecular weight is 489 g/mol. The van der Waals surface area contributed by atoms with Crippen molar-refractivity contribution in [1.82, 2.24) is 19.6 Å². The Hall–Kier alpha value is -2.67. The van der Waals surface area contributed by atoms with Gasteiger partial charge in [0.25, 0.3) is 0 Å². The van der Waals surface area contributed by atoms with Crippen LogP contribution in [0, 0.1) is 0 Å². The fourth-order valence-corrected chi connectivity index (χ4v) is 6.64. The number of fused-ring (bicyclic) bond motifs is 5. The Morgan fingerprint density at radius 3 is 2.70 bits per heavy atom. The first-order valence-corrected chi connectivity index (χ1v) is 13.3. The summed E-state index contributed by atoms with van der Waals surface area (Å²) in [5, 5.41) is 12.0. The third-order valence-electron chi connectivity index (χ3n) is 5.96. The minimum atomic E-state index is 0.681. The quantitative estimate of drug-likeness (QED) is 0.243. The lowest BCUT2D eigenvalue weighted by Crippen LogP contribution is -2.01. The molecule has 1 aliphatic carbocycles. The van der Waals surface area contributed by atoms with Crippen LogP contribution in [-0.2, 0) is 12.8 Å². The third kappa shape index (κ3) is 3.86. The van der Waals surface area contributed by atoms with Gasteiger partial charge in [-0.15, -0.1) is 21.5 Å². The number of aromatic nitrogens is 4. The molecule has 6 rings (SSSR count). The molecule has 0 unspecified atom stereocenters. The van der Waals surface area contributed by atoms with Crippen molar-refractivity contribution in [3.05, 3.63) is 81.7 Å².